The van der Waals surface area contributed by atoms with Crippen LogP contribution in [0.3, 0.4) is 0 Å². The van der Waals surface area contributed by atoms with Crippen LogP contribution in [-0.4, -0.2) is 50.6 Å². The summed E-state index contributed by atoms with van der Waals surface area (Å²) in [6.07, 6.45) is 7.82. The Morgan fingerprint density at radius 1 is 1.32 bits per heavy atom. The maximum absolute atomic E-state index is 13.3. The number of halogens is 3. The highest BCUT2D eigenvalue weighted by molar-refractivity contribution is 6.36. The summed E-state index contributed by atoms with van der Waals surface area (Å²) >= 11 is 6.62. The fraction of sp³-hybridized carbons (Fsp3) is 0.654. The molecular weight excluding hydrogens is 504 g/mol. The van der Waals surface area contributed by atoms with Crippen molar-refractivity contribution in [2.24, 2.45) is 11.8 Å². The number of anilines is 1. The Bertz CT molecular complexity index is 1100. The van der Waals surface area contributed by atoms with E-state index in [1.165, 1.54) is 29.8 Å². The van der Waals surface area contributed by atoms with Crippen molar-refractivity contribution in [2.45, 2.75) is 90.5 Å². The van der Waals surface area contributed by atoms with Gasteiger partial charge in [0.1, 0.15) is 11.6 Å². The molecule has 4 rings (SSSR count). The maximum Gasteiger partial charge on any atom is 0.387 e. The van der Waals surface area contributed by atoms with Crippen molar-refractivity contribution in [3.8, 4) is 17.0 Å². The Kier molecular flexibility index (Phi) is 8.58. The van der Waals surface area contributed by atoms with Crippen molar-refractivity contribution < 1.29 is 23.4 Å². The van der Waals surface area contributed by atoms with Crippen molar-refractivity contribution in [3.05, 3.63) is 23.0 Å². The summed E-state index contributed by atoms with van der Waals surface area (Å²) in [6.45, 7) is 3.34. The Labute approximate surface area is 221 Å². The molecule has 37 heavy (non-hydrogen) atoms. The molecule has 0 radical (unpaired) electrons. The normalized spacial score (nSPS) is 22.6. The number of amides is 1. The Morgan fingerprint density at radius 2 is 2.03 bits per heavy atom. The smallest absolute Gasteiger partial charge is 0.387 e. The van der Waals surface area contributed by atoms with E-state index in [-0.39, 0.29) is 40.3 Å². The standard InChI is InChI=1S/C26H36ClF2N5O3/c1-4-34-23(21(27)22(33-34)24(35)31-14-26(36)9-7-15(2)8-10-26)18-13-30-20(12-19(18)37-25(28)29)32-16(3)11-17-5-6-17/h12-13,15-17,25,36H,4-11,14H2,1-3H3,(H,30,32)(H,31,35)/t15?,16-,26?/m1/s1. The summed E-state index contributed by atoms with van der Waals surface area (Å²) in [4.78, 5) is 17.4. The van der Waals surface area contributed by atoms with E-state index in [1.54, 1.807) is 6.92 Å². The van der Waals surface area contributed by atoms with Crippen molar-refractivity contribution in [1.82, 2.24) is 20.1 Å². The first kappa shape index (κ1) is 27.6. The molecule has 2 aliphatic rings. The summed E-state index contributed by atoms with van der Waals surface area (Å²) in [5, 5.41) is 21.2. The van der Waals surface area contributed by atoms with Gasteiger partial charge in [0.15, 0.2) is 5.69 Å². The van der Waals surface area contributed by atoms with E-state index in [2.05, 4.69) is 27.6 Å². The molecule has 0 bridgehead atoms. The summed E-state index contributed by atoms with van der Waals surface area (Å²) in [5.41, 5.74) is -0.541. The third kappa shape index (κ3) is 6.90. The van der Waals surface area contributed by atoms with Crippen molar-refractivity contribution in [3.63, 3.8) is 0 Å². The molecule has 11 heteroatoms. The SMILES string of the molecule is CCn1nc(C(=O)NCC2(O)CCC(C)CC2)c(Cl)c1-c1cnc(N[C@H](C)CC2CC2)cc1OC(F)F. The van der Waals surface area contributed by atoms with Crippen LogP contribution in [-0.2, 0) is 6.54 Å². The van der Waals surface area contributed by atoms with E-state index in [4.69, 9.17) is 16.3 Å². The lowest BCUT2D eigenvalue weighted by Crippen LogP contribution is -2.45. The molecule has 1 amide bonds. The Balaban J connectivity index is 1.57. The zero-order valence-electron chi connectivity index (χ0n) is 21.6. The van der Waals surface area contributed by atoms with Gasteiger partial charge in [-0.15, -0.1) is 0 Å². The number of aliphatic hydroxyl groups is 1. The third-order valence-electron chi connectivity index (χ3n) is 7.31. The lowest BCUT2D eigenvalue weighted by molar-refractivity contribution is -0.0494. The lowest BCUT2D eigenvalue weighted by Gasteiger charge is -2.34. The molecule has 0 aliphatic heterocycles. The predicted octanol–water partition coefficient (Wildman–Crippen LogP) is 5.49. The number of hydrogen-bond acceptors (Lipinski definition) is 6. The Hall–Kier alpha value is -2.46. The maximum atomic E-state index is 13.3. The molecule has 2 aliphatic carbocycles. The molecule has 0 saturated heterocycles. The molecule has 1 atom stereocenters. The molecular formula is C26H36ClF2N5O3. The van der Waals surface area contributed by atoms with Crippen molar-refractivity contribution in [2.75, 3.05) is 11.9 Å². The number of rotatable bonds is 11. The van der Waals surface area contributed by atoms with Crippen LogP contribution in [0.4, 0.5) is 14.6 Å². The summed E-state index contributed by atoms with van der Waals surface area (Å²) in [7, 11) is 0. The van der Waals surface area contributed by atoms with Crippen LogP contribution >= 0.6 is 11.6 Å². The fourth-order valence-corrected chi connectivity index (χ4v) is 5.25. The van der Waals surface area contributed by atoms with Gasteiger partial charge < -0.3 is 20.5 Å². The average Bonchev–Trinajstić information content (AvgIpc) is 3.60. The van der Waals surface area contributed by atoms with Crippen molar-refractivity contribution >= 4 is 23.3 Å². The van der Waals surface area contributed by atoms with Gasteiger partial charge in [0.25, 0.3) is 5.91 Å². The number of pyridine rings is 1. The van der Waals surface area contributed by atoms with Gasteiger partial charge in [0.2, 0.25) is 0 Å². The highest BCUT2D eigenvalue weighted by atomic mass is 35.5. The van der Waals surface area contributed by atoms with Gasteiger partial charge in [0.05, 0.1) is 21.9 Å². The first-order valence-electron chi connectivity index (χ1n) is 13.1. The zero-order chi connectivity index (χ0) is 26.7. The van der Waals surface area contributed by atoms with Crippen molar-refractivity contribution in [1.29, 1.82) is 0 Å². The second-order valence-corrected chi connectivity index (χ2v) is 11.0. The third-order valence-corrected chi connectivity index (χ3v) is 7.67. The van der Waals surface area contributed by atoms with E-state index >= 15 is 0 Å². The fourth-order valence-electron chi connectivity index (χ4n) is 4.93. The van der Waals surface area contributed by atoms with E-state index < -0.39 is 18.1 Å². The van der Waals surface area contributed by atoms with Gasteiger partial charge in [-0.25, -0.2) is 4.98 Å². The van der Waals surface area contributed by atoms with Gasteiger partial charge in [0, 0.05) is 31.4 Å². The number of hydrogen-bond donors (Lipinski definition) is 3. The van der Waals surface area contributed by atoms with Gasteiger partial charge in [-0.2, -0.15) is 13.9 Å². The number of nitrogens with zero attached hydrogens (tertiary/aromatic N) is 3. The molecule has 2 heterocycles. The number of alkyl halides is 2. The van der Waals surface area contributed by atoms with Gasteiger partial charge in [-0.05, 0) is 57.8 Å². The minimum Gasteiger partial charge on any atom is -0.434 e. The predicted molar refractivity (Wildman–Crippen MR) is 138 cm³/mol. The highest BCUT2D eigenvalue weighted by Gasteiger charge is 2.33. The highest BCUT2D eigenvalue weighted by Crippen LogP contribution is 2.39. The summed E-state index contributed by atoms with van der Waals surface area (Å²) in [5.74, 6) is 1.01. The number of aryl methyl sites for hydroxylation is 1. The molecule has 0 unspecified atom stereocenters. The Morgan fingerprint density at radius 3 is 2.65 bits per heavy atom. The molecule has 2 aromatic rings. The van der Waals surface area contributed by atoms with E-state index in [1.807, 2.05) is 6.92 Å². The average molecular weight is 540 g/mol. The van der Waals surface area contributed by atoms with E-state index in [0.717, 1.165) is 19.3 Å². The van der Waals surface area contributed by atoms with Crippen LogP contribution in [0.5, 0.6) is 5.75 Å². The quantitative estimate of drug-likeness (QED) is 0.349. The molecule has 2 aromatic heterocycles. The summed E-state index contributed by atoms with van der Waals surface area (Å²) < 4.78 is 33.0. The number of carbonyl (C=O) groups is 1. The number of carbonyl (C=O) groups excluding carboxylic acids is 1. The summed E-state index contributed by atoms with van der Waals surface area (Å²) in [6, 6.07) is 1.56. The molecule has 2 saturated carbocycles. The van der Waals surface area contributed by atoms with E-state index in [0.29, 0.717) is 37.0 Å². The van der Waals surface area contributed by atoms with E-state index in [9.17, 15) is 18.7 Å². The molecule has 204 valence electrons. The first-order chi connectivity index (χ1) is 17.6. The van der Waals surface area contributed by atoms with Crippen LogP contribution in [0, 0.1) is 11.8 Å². The topological polar surface area (TPSA) is 101 Å². The van der Waals surface area contributed by atoms with Crippen LogP contribution < -0.4 is 15.4 Å². The number of nitrogens with one attached hydrogen (secondary N) is 2. The van der Waals surface area contributed by atoms with Crippen LogP contribution in [0.1, 0.15) is 76.2 Å². The largest absolute Gasteiger partial charge is 0.434 e. The first-order valence-corrected chi connectivity index (χ1v) is 13.4. The molecule has 8 nitrogen and oxygen atoms in total. The minimum atomic E-state index is -3.06. The number of aromatic nitrogens is 3. The monoisotopic (exact) mass is 539 g/mol. The number of ether oxygens (including phenoxy) is 1. The molecule has 0 aromatic carbocycles. The second kappa shape index (κ2) is 11.5. The lowest BCUT2D eigenvalue weighted by atomic mass is 9.79. The molecule has 3 N–H and O–H groups in total. The molecule has 2 fully saturated rings. The van der Waals surface area contributed by atoms with Gasteiger partial charge in [-0.3, -0.25) is 9.48 Å². The van der Waals surface area contributed by atoms with Crippen LogP contribution in [0.15, 0.2) is 12.3 Å². The minimum absolute atomic E-state index is 0.00679. The second-order valence-electron chi connectivity index (χ2n) is 10.6. The van der Waals surface area contributed by atoms with Gasteiger partial charge in [-0.1, -0.05) is 31.4 Å². The molecule has 0 spiro atoms. The van der Waals surface area contributed by atoms with Crippen LogP contribution in [0.25, 0.3) is 11.3 Å². The van der Waals surface area contributed by atoms with Gasteiger partial charge >= 0.3 is 6.61 Å². The van der Waals surface area contributed by atoms with Crippen LogP contribution in [0.2, 0.25) is 5.02 Å². The zero-order valence-corrected chi connectivity index (χ0v) is 22.3.